The molecule has 0 amide bonds. The molecule has 1 unspecified atom stereocenters. The van der Waals surface area contributed by atoms with Crippen LogP contribution in [-0.4, -0.2) is 43.9 Å². The fraction of sp³-hybridized carbons (Fsp3) is 0.889. The molecule has 0 aliphatic carbocycles. The van der Waals surface area contributed by atoms with Gasteiger partial charge >= 0.3 is 6.18 Å². The molecule has 0 aromatic carbocycles. The van der Waals surface area contributed by atoms with Crippen molar-refractivity contribution < 1.29 is 17.9 Å². The first-order chi connectivity index (χ1) is 6.87. The van der Waals surface area contributed by atoms with Crippen LogP contribution in [0.15, 0.2) is 0 Å². The van der Waals surface area contributed by atoms with Crippen LogP contribution < -0.4 is 0 Å². The molecule has 0 rings (SSSR count). The van der Waals surface area contributed by atoms with Crippen LogP contribution in [0.5, 0.6) is 0 Å². The lowest BCUT2D eigenvalue weighted by molar-refractivity contribution is -0.174. The number of alkyl halides is 3. The summed E-state index contributed by atoms with van der Waals surface area (Å²) >= 11 is 0. The summed E-state index contributed by atoms with van der Waals surface area (Å²) in [5.41, 5.74) is 0. The molecule has 88 valence electrons. The lowest BCUT2D eigenvalue weighted by atomic mass is 10.3. The lowest BCUT2D eigenvalue weighted by Gasteiger charge is -2.18. The predicted octanol–water partition coefficient (Wildman–Crippen LogP) is 1.80. The van der Waals surface area contributed by atoms with Crippen molar-refractivity contribution in [2.45, 2.75) is 25.6 Å². The molecule has 1 atom stereocenters. The molecule has 0 saturated carbocycles. The van der Waals surface area contributed by atoms with E-state index in [1.807, 2.05) is 6.07 Å². The lowest BCUT2D eigenvalue weighted by Crippen LogP contribution is -2.29. The van der Waals surface area contributed by atoms with E-state index in [4.69, 9.17) is 5.26 Å². The molecule has 0 aromatic rings. The van der Waals surface area contributed by atoms with E-state index in [2.05, 4.69) is 4.74 Å². The average molecular weight is 224 g/mol. The molecule has 0 fully saturated rings. The molecule has 0 aromatic heterocycles. The highest BCUT2D eigenvalue weighted by atomic mass is 19.4. The minimum atomic E-state index is -4.26. The average Bonchev–Trinajstić information content (AvgIpc) is 2.14. The Morgan fingerprint density at radius 2 is 2.07 bits per heavy atom. The number of hydrogen-bond donors (Lipinski definition) is 0. The Balaban J connectivity index is 3.44. The SMILES string of the molecule is CC(C#N)N(C)CCCOCC(F)(F)F. The smallest absolute Gasteiger partial charge is 0.372 e. The Labute approximate surface area is 87.4 Å². The van der Waals surface area contributed by atoms with Crippen molar-refractivity contribution in [1.82, 2.24) is 4.90 Å². The fourth-order valence-electron chi connectivity index (χ4n) is 0.896. The van der Waals surface area contributed by atoms with E-state index in [9.17, 15) is 13.2 Å². The molecule has 3 nitrogen and oxygen atoms in total. The molecule has 0 saturated heterocycles. The topological polar surface area (TPSA) is 36.3 Å². The van der Waals surface area contributed by atoms with Gasteiger partial charge in [-0.2, -0.15) is 18.4 Å². The highest BCUT2D eigenvalue weighted by molar-refractivity contribution is 4.86. The summed E-state index contributed by atoms with van der Waals surface area (Å²) in [7, 11) is 1.75. The maximum Gasteiger partial charge on any atom is 0.411 e. The van der Waals surface area contributed by atoms with Gasteiger partial charge in [0, 0.05) is 13.2 Å². The van der Waals surface area contributed by atoms with Crippen molar-refractivity contribution >= 4 is 0 Å². The summed E-state index contributed by atoms with van der Waals surface area (Å²) in [6, 6.07) is 1.81. The molecule has 0 N–H and O–H groups in total. The first kappa shape index (κ1) is 14.2. The van der Waals surface area contributed by atoms with Gasteiger partial charge < -0.3 is 4.74 Å². The van der Waals surface area contributed by atoms with Crippen molar-refractivity contribution in [3.63, 3.8) is 0 Å². The van der Waals surface area contributed by atoms with Crippen LogP contribution in [0.2, 0.25) is 0 Å². The van der Waals surface area contributed by atoms with Crippen molar-refractivity contribution in [3.05, 3.63) is 0 Å². The molecular weight excluding hydrogens is 209 g/mol. The normalized spacial score (nSPS) is 13.9. The number of nitrogens with zero attached hydrogens (tertiary/aromatic N) is 2. The monoisotopic (exact) mass is 224 g/mol. The van der Waals surface area contributed by atoms with Crippen LogP contribution in [0.3, 0.4) is 0 Å². The predicted molar refractivity (Wildman–Crippen MR) is 49.2 cm³/mol. The van der Waals surface area contributed by atoms with Crippen molar-refractivity contribution in [1.29, 1.82) is 5.26 Å². The molecular formula is C9H15F3N2O. The molecule has 0 heterocycles. The Bertz CT molecular complexity index is 212. The first-order valence-electron chi connectivity index (χ1n) is 4.61. The standard InChI is InChI=1S/C9H15F3N2O/c1-8(6-13)14(2)4-3-5-15-7-9(10,11)12/h8H,3-5,7H2,1-2H3. The van der Waals surface area contributed by atoms with Crippen LogP contribution in [0.1, 0.15) is 13.3 Å². The second-order valence-electron chi connectivity index (χ2n) is 3.31. The van der Waals surface area contributed by atoms with E-state index in [0.717, 1.165) is 0 Å². The van der Waals surface area contributed by atoms with Gasteiger partial charge in [0.15, 0.2) is 0 Å². The van der Waals surface area contributed by atoms with E-state index < -0.39 is 12.8 Å². The van der Waals surface area contributed by atoms with Crippen LogP contribution in [-0.2, 0) is 4.74 Å². The van der Waals surface area contributed by atoms with Gasteiger partial charge in [-0.25, -0.2) is 0 Å². The summed E-state index contributed by atoms with van der Waals surface area (Å²) in [4.78, 5) is 1.76. The van der Waals surface area contributed by atoms with Crippen LogP contribution in [0, 0.1) is 11.3 Å². The van der Waals surface area contributed by atoms with E-state index in [1.54, 1.807) is 18.9 Å². The van der Waals surface area contributed by atoms with Crippen molar-refractivity contribution in [2.24, 2.45) is 0 Å². The highest BCUT2D eigenvalue weighted by Gasteiger charge is 2.27. The Morgan fingerprint density at radius 1 is 1.47 bits per heavy atom. The summed E-state index contributed by atoms with van der Waals surface area (Å²) in [5.74, 6) is 0. The van der Waals surface area contributed by atoms with Crippen LogP contribution >= 0.6 is 0 Å². The third-order valence-electron chi connectivity index (χ3n) is 1.91. The molecule has 6 heteroatoms. The van der Waals surface area contributed by atoms with E-state index in [1.165, 1.54) is 0 Å². The van der Waals surface area contributed by atoms with Gasteiger partial charge in [0.1, 0.15) is 6.61 Å². The van der Waals surface area contributed by atoms with Crippen molar-refractivity contribution in [2.75, 3.05) is 26.8 Å². The molecule has 0 aliphatic heterocycles. The zero-order chi connectivity index (χ0) is 11.9. The van der Waals surface area contributed by atoms with E-state index >= 15 is 0 Å². The number of nitriles is 1. The zero-order valence-electron chi connectivity index (χ0n) is 8.84. The van der Waals surface area contributed by atoms with Gasteiger partial charge in [0.25, 0.3) is 0 Å². The quantitative estimate of drug-likeness (QED) is 0.645. The minimum Gasteiger partial charge on any atom is -0.372 e. The summed E-state index contributed by atoms with van der Waals surface area (Å²) in [5, 5.41) is 8.54. The van der Waals surface area contributed by atoms with E-state index in [0.29, 0.717) is 13.0 Å². The Morgan fingerprint density at radius 3 is 2.53 bits per heavy atom. The first-order valence-corrected chi connectivity index (χ1v) is 4.61. The second-order valence-corrected chi connectivity index (χ2v) is 3.31. The summed E-state index contributed by atoms with van der Waals surface area (Å²) in [6.07, 6.45) is -3.77. The van der Waals surface area contributed by atoms with Crippen LogP contribution in [0.25, 0.3) is 0 Å². The Hall–Kier alpha value is -0.800. The van der Waals surface area contributed by atoms with Gasteiger partial charge in [-0.15, -0.1) is 0 Å². The molecule has 0 spiro atoms. The highest BCUT2D eigenvalue weighted by Crippen LogP contribution is 2.14. The van der Waals surface area contributed by atoms with Gasteiger partial charge in [0.2, 0.25) is 0 Å². The number of halogens is 3. The van der Waals surface area contributed by atoms with Gasteiger partial charge in [-0.3, -0.25) is 4.90 Å². The third kappa shape index (κ3) is 8.21. The number of rotatable bonds is 6. The van der Waals surface area contributed by atoms with Gasteiger partial charge in [0.05, 0.1) is 12.1 Å². The third-order valence-corrected chi connectivity index (χ3v) is 1.91. The van der Waals surface area contributed by atoms with Gasteiger partial charge in [-0.05, 0) is 20.4 Å². The molecule has 0 radical (unpaired) electrons. The zero-order valence-corrected chi connectivity index (χ0v) is 8.84. The molecule has 0 bridgehead atoms. The van der Waals surface area contributed by atoms with Crippen molar-refractivity contribution in [3.8, 4) is 6.07 Å². The van der Waals surface area contributed by atoms with Gasteiger partial charge in [-0.1, -0.05) is 0 Å². The fourth-order valence-corrected chi connectivity index (χ4v) is 0.896. The maximum absolute atomic E-state index is 11.6. The van der Waals surface area contributed by atoms with E-state index in [-0.39, 0.29) is 12.6 Å². The van der Waals surface area contributed by atoms with Crippen LogP contribution in [0.4, 0.5) is 13.2 Å². The maximum atomic E-state index is 11.6. The second kappa shape index (κ2) is 6.64. The Kier molecular flexibility index (Phi) is 6.29. The number of ether oxygens (including phenoxy) is 1. The molecule has 0 aliphatic rings. The summed E-state index contributed by atoms with van der Waals surface area (Å²) in [6.45, 7) is 1.13. The number of hydrogen-bond acceptors (Lipinski definition) is 3. The molecule has 15 heavy (non-hydrogen) atoms. The minimum absolute atomic E-state index is 0.0575. The summed E-state index contributed by atoms with van der Waals surface area (Å²) < 4.78 is 39.4. The largest absolute Gasteiger partial charge is 0.411 e.